The van der Waals surface area contributed by atoms with Gasteiger partial charge >= 0.3 is 0 Å². The highest BCUT2D eigenvalue weighted by Crippen LogP contribution is 2.32. The van der Waals surface area contributed by atoms with Crippen LogP contribution in [0.25, 0.3) is 22.0 Å². The molecule has 0 unspecified atom stereocenters. The lowest BCUT2D eigenvalue weighted by atomic mass is 10.0. The topological polar surface area (TPSA) is 128 Å². The molecule has 5 rings (SSSR count). The standard InChI is InChI=1S/C26H24ClFN4O5S/c1-15-10-18(3-4-20(15)16-6-7-30-23(28)11-16)37-14-19-13-32(8-9-36-19)38(34,35)25-21-12-17(27)2-5-22(21)31-24(25)26(29)33/h2-7,10-12,19,31H,8-9,13-14H2,1H3,(H2,29,33)/t19-/m0/s1. The minimum absolute atomic E-state index is 0.0150. The number of rotatable bonds is 7. The van der Waals surface area contributed by atoms with Crippen LogP contribution in [0.4, 0.5) is 4.39 Å². The summed E-state index contributed by atoms with van der Waals surface area (Å²) in [4.78, 5) is 18.3. The van der Waals surface area contributed by atoms with E-state index in [1.807, 2.05) is 19.1 Å². The molecule has 3 N–H and O–H groups in total. The number of morpholine rings is 1. The predicted molar refractivity (Wildman–Crippen MR) is 140 cm³/mol. The summed E-state index contributed by atoms with van der Waals surface area (Å²) < 4.78 is 53.8. The maximum absolute atomic E-state index is 13.7. The number of amides is 1. The van der Waals surface area contributed by atoms with E-state index >= 15 is 0 Å². The van der Waals surface area contributed by atoms with Crippen LogP contribution in [-0.2, 0) is 14.8 Å². The third-order valence-corrected chi connectivity index (χ3v) is 8.52. The number of carbonyl (C=O) groups is 1. The molecular weight excluding hydrogens is 535 g/mol. The number of nitrogens with one attached hydrogen (secondary N) is 1. The molecule has 2 aromatic heterocycles. The van der Waals surface area contributed by atoms with E-state index < -0.39 is 28.0 Å². The fourth-order valence-corrected chi connectivity index (χ4v) is 6.49. The zero-order valence-corrected chi connectivity index (χ0v) is 21.9. The van der Waals surface area contributed by atoms with Crippen molar-refractivity contribution in [3.63, 3.8) is 0 Å². The molecule has 12 heteroatoms. The highest BCUT2D eigenvalue weighted by Gasteiger charge is 2.36. The zero-order valence-electron chi connectivity index (χ0n) is 20.3. The molecule has 1 aliphatic heterocycles. The van der Waals surface area contributed by atoms with Gasteiger partial charge in [-0.05, 0) is 60.0 Å². The van der Waals surface area contributed by atoms with Crippen molar-refractivity contribution in [1.82, 2.24) is 14.3 Å². The Morgan fingerprint density at radius 3 is 2.82 bits per heavy atom. The lowest BCUT2D eigenvalue weighted by molar-refractivity contribution is -0.0249. The zero-order chi connectivity index (χ0) is 27.0. The van der Waals surface area contributed by atoms with E-state index in [0.717, 1.165) is 11.1 Å². The van der Waals surface area contributed by atoms with E-state index in [2.05, 4.69) is 9.97 Å². The van der Waals surface area contributed by atoms with Crippen molar-refractivity contribution in [2.75, 3.05) is 26.3 Å². The van der Waals surface area contributed by atoms with Crippen molar-refractivity contribution >= 4 is 38.4 Å². The van der Waals surface area contributed by atoms with Crippen LogP contribution in [0, 0.1) is 12.9 Å². The van der Waals surface area contributed by atoms with E-state index in [1.54, 1.807) is 24.3 Å². The SMILES string of the molecule is Cc1cc(OC[C@@H]2CN(S(=O)(=O)c3c(C(N)=O)[nH]c4ccc(Cl)cc34)CCO2)ccc1-c1ccnc(F)c1. The number of aromatic amines is 1. The first-order valence-corrected chi connectivity index (χ1v) is 13.5. The van der Waals surface area contributed by atoms with Gasteiger partial charge in [-0.25, -0.2) is 13.4 Å². The van der Waals surface area contributed by atoms with Crippen LogP contribution in [0.5, 0.6) is 5.75 Å². The van der Waals surface area contributed by atoms with Gasteiger partial charge in [0.05, 0.1) is 6.61 Å². The summed E-state index contributed by atoms with van der Waals surface area (Å²) in [6, 6.07) is 13.2. The average Bonchev–Trinajstić information content (AvgIpc) is 3.27. The van der Waals surface area contributed by atoms with Crippen LogP contribution in [0.15, 0.2) is 59.6 Å². The molecular formula is C26H24ClFN4O5S. The van der Waals surface area contributed by atoms with Gasteiger partial charge in [-0.3, -0.25) is 4.79 Å². The highest BCUT2D eigenvalue weighted by atomic mass is 35.5. The van der Waals surface area contributed by atoms with Gasteiger partial charge in [0.15, 0.2) is 0 Å². The fourth-order valence-electron chi connectivity index (χ4n) is 4.53. The molecule has 1 aliphatic rings. The van der Waals surface area contributed by atoms with Crippen molar-refractivity contribution in [3.8, 4) is 16.9 Å². The Morgan fingerprint density at radius 2 is 2.08 bits per heavy atom. The molecule has 3 heterocycles. The molecule has 4 aromatic rings. The molecule has 9 nitrogen and oxygen atoms in total. The van der Waals surface area contributed by atoms with E-state index in [-0.39, 0.29) is 42.3 Å². The van der Waals surface area contributed by atoms with E-state index in [4.69, 9.17) is 26.8 Å². The van der Waals surface area contributed by atoms with E-state index in [0.29, 0.717) is 21.9 Å². The molecule has 0 saturated carbocycles. The van der Waals surface area contributed by atoms with Crippen molar-refractivity contribution < 1.29 is 27.1 Å². The van der Waals surface area contributed by atoms with E-state index in [1.165, 1.54) is 22.6 Å². The molecule has 1 atom stereocenters. The first-order chi connectivity index (χ1) is 18.1. The van der Waals surface area contributed by atoms with Crippen LogP contribution in [0.2, 0.25) is 5.02 Å². The van der Waals surface area contributed by atoms with Gasteiger partial charge in [-0.2, -0.15) is 8.70 Å². The third-order valence-electron chi connectivity index (χ3n) is 6.33. The van der Waals surface area contributed by atoms with Gasteiger partial charge in [0, 0.05) is 41.3 Å². The Kier molecular flexibility index (Phi) is 7.10. The second-order valence-corrected chi connectivity index (χ2v) is 11.2. The van der Waals surface area contributed by atoms with Gasteiger partial charge in [-0.15, -0.1) is 0 Å². The molecule has 198 valence electrons. The van der Waals surface area contributed by atoms with Gasteiger partial charge in [0.2, 0.25) is 16.0 Å². The second kappa shape index (κ2) is 10.3. The number of ether oxygens (including phenoxy) is 2. The predicted octanol–water partition coefficient (Wildman–Crippen LogP) is 3.90. The number of carbonyl (C=O) groups excluding carboxylic acids is 1. The number of fused-ring (bicyclic) bond motifs is 1. The quantitative estimate of drug-likeness (QED) is 0.331. The summed E-state index contributed by atoms with van der Waals surface area (Å²) in [7, 11) is -4.13. The van der Waals surface area contributed by atoms with Crippen molar-refractivity contribution in [3.05, 3.63) is 77.0 Å². The number of aryl methyl sites for hydroxylation is 1. The minimum atomic E-state index is -4.13. The Bertz CT molecular complexity index is 1640. The highest BCUT2D eigenvalue weighted by molar-refractivity contribution is 7.89. The maximum Gasteiger partial charge on any atom is 0.266 e. The molecule has 0 radical (unpaired) electrons. The Hall–Kier alpha value is -3.51. The number of nitrogens with two attached hydrogens (primary N) is 1. The fraction of sp³-hybridized carbons (Fsp3) is 0.231. The van der Waals surface area contributed by atoms with Crippen LogP contribution in [0.3, 0.4) is 0 Å². The summed E-state index contributed by atoms with van der Waals surface area (Å²) in [5.74, 6) is -0.890. The minimum Gasteiger partial charge on any atom is -0.491 e. The summed E-state index contributed by atoms with van der Waals surface area (Å²) >= 11 is 6.11. The Labute approximate surface area is 223 Å². The summed E-state index contributed by atoms with van der Waals surface area (Å²) in [6.45, 7) is 2.24. The number of pyridine rings is 1. The number of nitrogens with zero attached hydrogens (tertiary/aromatic N) is 2. The van der Waals surface area contributed by atoms with Crippen molar-refractivity contribution in [1.29, 1.82) is 0 Å². The first kappa shape index (κ1) is 26.1. The molecule has 1 amide bonds. The number of H-pyrrole nitrogens is 1. The van der Waals surface area contributed by atoms with Gasteiger partial charge in [-0.1, -0.05) is 17.7 Å². The van der Waals surface area contributed by atoms with Gasteiger partial charge in [0.25, 0.3) is 5.91 Å². The van der Waals surface area contributed by atoms with Crippen LogP contribution in [0.1, 0.15) is 16.1 Å². The first-order valence-electron chi connectivity index (χ1n) is 11.7. The molecule has 2 aromatic carbocycles. The number of hydrogen-bond acceptors (Lipinski definition) is 6. The molecule has 0 spiro atoms. The smallest absolute Gasteiger partial charge is 0.266 e. The Balaban J connectivity index is 1.33. The number of benzene rings is 2. The summed E-state index contributed by atoms with van der Waals surface area (Å²) in [5, 5.41) is 0.614. The second-order valence-electron chi connectivity index (χ2n) is 8.89. The summed E-state index contributed by atoms with van der Waals surface area (Å²) in [5.41, 5.74) is 8.14. The molecule has 0 bridgehead atoms. The number of primary amides is 1. The number of sulfonamides is 1. The van der Waals surface area contributed by atoms with Crippen LogP contribution in [-0.4, -0.2) is 61.0 Å². The Morgan fingerprint density at radius 1 is 1.26 bits per heavy atom. The molecule has 38 heavy (non-hydrogen) atoms. The third kappa shape index (κ3) is 5.10. The molecule has 0 aliphatic carbocycles. The lowest BCUT2D eigenvalue weighted by Gasteiger charge is -2.32. The average molecular weight is 559 g/mol. The molecule has 1 fully saturated rings. The van der Waals surface area contributed by atoms with Crippen LogP contribution < -0.4 is 10.5 Å². The number of aromatic nitrogens is 2. The van der Waals surface area contributed by atoms with Crippen LogP contribution >= 0.6 is 11.6 Å². The van der Waals surface area contributed by atoms with E-state index in [9.17, 15) is 17.6 Å². The number of hydrogen-bond donors (Lipinski definition) is 2. The van der Waals surface area contributed by atoms with Crippen molar-refractivity contribution in [2.45, 2.75) is 17.9 Å². The largest absolute Gasteiger partial charge is 0.491 e. The monoisotopic (exact) mass is 558 g/mol. The van der Waals surface area contributed by atoms with Crippen molar-refractivity contribution in [2.24, 2.45) is 5.73 Å². The molecule has 1 saturated heterocycles. The van der Waals surface area contributed by atoms with Gasteiger partial charge in [0.1, 0.15) is 29.0 Å². The summed E-state index contributed by atoms with van der Waals surface area (Å²) in [6.07, 6.45) is 0.852. The maximum atomic E-state index is 13.7. The van der Waals surface area contributed by atoms with Gasteiger partial charge < -0.3 is 20.2 Å². The lowest BCUT2D eigenvalue weighted by Crippen LogP contribution is -2.47. The normalized spacial score (nSPS) is 16.6. The number of halogens is 2.